The zero-order chi connectivity index (χ0) is 17.4. The molecule has 0 amide bonds. The Labute approximate surface area is 163 Å². The van der Waals surface area contributed by atoms with Crippen LogP contribution >= 0.6 is 24.0 Å². The predicted molar refractivity (Wildman–Crippen MR) is 111 cm³/mol. The normalized spacial score (nSPS) is 12.9. The summed E-state index contributed by atoms with van der Waals surface area (Å²) < 4.78 is 7.14. The number of aromatic nitrogens is 2. The number of rotatable bonds is 8. The number of nitrogens with zero attached hydrogens (tertiary/aromatic N) is 3. The van der Waals surface area contributed by atoms with Crippen molar-refractivity contribution in [3.63, 3.8) is 0 Å². The molecule has 0 aromatic carbocycles. The highest BCUT2D eigenvalue weighted by molar-refractivity contribution is 14.0. The minimum Gasteiger partial charge on any atom is -0.383 e. The third-order valence-electron chi connectivity index (χ3n) is 4.14. The van der Waals surface area contributed by atoms with Gasteiger partial charge in [-0.05, 0) is 33.6 Å². The third kappa shape index (κ3) is 6.96. The van der Waals surface area contributed by atoms with Gasteiger partial charge in [0.2, 0.25) is 0 Å². The Morgan fingerprint density at radius 3 is 2.50 bits per heavy atom. The largest absolute Gasteiger partial charge is 0.383 e. The van der Waals surface area contributed by atoms with Gasteiger partial charge in [0.1, 0.15) is 0 Å². The average molecular weight is 451 g/mol. The highest BCUT2D eigenvalue weighted by Gasteiger charge is 2.12. The second-order valence-corrected chi connectivity index (χ2v) is 6.24. The second-order valence-electron chi connectivity index (χ2n) is 6.24. The molecular weight excluding hydrogens is 417 g/mol. The summed E-state index contributed by atoms with van der Waals surface area (Å²) in [6.45, 7) is 15.7. The number of ether oxygens (including phenoxy) is 1. The van der Waals surface area contributed by atoms with E-state index in [-0.39, 0.29) is 24.0 Å². The first-order valence-electron chi connectivity index (χ1n) is 8.47. The van der Waals surface area contributed by atoms with Crippen molar-refractivity contribution in [3.05, 3.63) is 17.0 Å². The lowest BCUT2D eigenvalue weighted by Gasteiger charge is -2.20. The van der Waals surface area contributed by atoms with Crippen molar-refractivity contribution in [1.82, 2.24) is 20.4 Å². The molecule has 0 fully saturated rings. The topological polar surface area (TPSA) is 63.5 Å². The number of hydrogen-bond donors (Lipinski definition) is 2. The van der Waals surface area contributed by atoms with E-state index in [9.17, 15) is 0 Å². The SMILES string of the molecule is CCNC(=NCc1c(C)nn(CCOC)c1C)NC(C)C(C)C.I. The Kier molecular flexibility index (Phi) is 11.3. The van der Waals surface area contributed by atoms with Crippen molar-refractivity contribution in [3.8, 4) is 0 Å². The number of aliphatic imine (C=N–C) groups is 1. The minimum absolute atomic E-state index is 0. The molecule has 1 rings (SSSR count). The molecule has 1 unspecified atom stereocenters. The van der Waals surface area contributed by atoms with Gasteiger partial charge in [-0.2, -0.15) is 5.10 Å². The van der Waals surface area contributed by atoms with E-state index >= 15 is 0 Å². The van der Waals surface area contributed by atoms with E-state index < -0.39 is 0 Å². The molecule has 1 heterocycles. The standard InChI is InChI=1S/C17H33N5O.HI/c1-8-18-17(20-13(4)12(2)3)19-11-16-14(5)21-22(15(16)6)9-10-23-7;/h12-13H,8-11H2,1-7H3,(H2,18,19,20);1H. The van der Waals surface area contributed by atoms with E-state index in [0.29, 0.717) is 25.1 Å². The van der Waals surface area contributed by atoms with Gasteiger partial charge in [0.15, 0.2) is 5.96 Å². The molecule has 0 saturated heterocycles. The van der Waals surface area contributed by atoms with Gasteiger partial charge in [0.25, 0.3) is 0 Å². The molecule has 2 N–H and O–H groups in total. The van der Waals surface area contributed by atoms with Crippen LogP contribution in [0.15, 0.2) is 4.99 Å². The van der Waals surface area contributed by atoms with Crippen LogP contribution in [0.3, 0.4) is 0 Å². The molecule has 0 saturated carbocycles. The Morgan fingerprint density at radius 1 is 1.29 bits per heavy atom. The predicted octanol–water partition coefficient (Wildman–Crippen LogP) is 2.86. The first kappa shape index (κ1) is 23.2. The summed E-state index contributed by atoms with van der Waals surface area (Å²) >= 11 is 0. The second kappa shape index (κ2) is 11.7. The molecule has 1 aromatic rings. The van der Waals surface area contributed by atoms with Gasteiger partial charge in [-0.1, -0.05) is 13.8 Å². The highest BCUT2D eigenvalue weighted by atomic mass is 127. The van der Waals surface area contributed by atoms with Crippen molar-refractivity contribution in [1.29, 1.82) is 0 Å². The molecule has 24 heavy (non-hydrogen) atoms. The minimum atomic E-state index is 0. The Morgan fingerprint density at radius 2 is 1.96 bits per heavy atom. The summed E-state index contributed by atoms with van der Waals surface area (Å²) in [5, 5.41) is 11.4. The van der Waals surface area contributed by atoms with Crippen LogP contribution in [0.1, 0.15) is 44.6 Å². The first-order chi connectivity index (χ1) is 10.9. The summed E-state index contributed by atoms with van der Waals surface area (Å²) in [6, 6.07) is 0.374. The fraction of sp³-hybridized carbons (Fsp3) is 0.765. The van der Waals surface area contributed by atoms with Gasteiger partial charge in [-0.25, -0.2) is 4.99 Å². The van der Waals surface area contributed by atoms with Gasteiger partial charge in [-0.15, -0.1) is 24.0 Å². The maximum absolute atomic E-state index is 5.14. The van der Waals surface area contributed by atoms with Crippen LogP contribution < -0.4 is 10.6 Å². The molecule has 140 valence electrons. The number of hydrogen-bond acceptors (Lipinski definition) is 3. The van der Waals surface area contributed by atoms with Crippen LogP contribution in [0.25, 0.3) is 0 Å². The molecule has 0 aliphatic rings. The summed E-state index contributed by atoms with van der Waals surface area (Å²) in [5.41, 5.74) is 3.39. The molecule has 1 atom stereocenters. The lowest BCUT2D eigenvalue weighted by molar-refractivity contribution is 0.182. The van der Waals surface area contributed by atoms with Crippen LogP contribution in [-0.2, 0) is 17.8 Å². The molecule has 1 aromatic heterocycles. The Balaban J connectivity index is 0.00000529. The molecule has 7 heteroatoms. The Bertz CT molecular complexity index is 513. The number of guanidine groups is 1. The molecule has 0 bridgehead atoms. The van der Waals surface area contributed by atoms with Crippen LogP contribution in [0.4, 0.5) is 0 Å². The molecule has 0 radical (unpaired) electrons. The monoisotopic (exact) mass is 451 g/mol. The van der Waals surface area contributed by atoms with E-state index in [1.165, 1.54) is 5.56 Å². The summed E-state index contributed by atoms with van der Waals surface area (Å²) in [6.07, 6.45) is 0. The van der Waals surface area contributed by atoms with Gasteiger partial charge in [0, 0.05) is 31.0 Å². The third-order valence-corrected chi connectivity index (χ3v) is 4.14. The maximum Gasteiger partial charge on any atom is 0.191 e. The van der Waals surface area contributed by atoms with Crippen LogP contribution in [0.2, 0.25) is 0 Å². The first-order valence-corrected chi connectivity index (χ1v) is 8.47. The van der Waals surface area contributed by atoms with Gasteiger partial charge in [0.05, 0.1) is 25.4 Å². The molecular formula is C17H34IN5O. The van der Waals surface area contributed by atoms with Crippen molar-refractivity contribution >= 4 is 29.9 Å². The molecule has 0 spiro atoms. The Hall–Kier alpha value is -0.830. The molecule has 0 aliphatic heterocycles. The van der Waals surface area contributed by atoms with Crippen molar-refractivity contribution in [2.75, 3.05) is 20.3 Å². The number of aryl methyl sites for hydroxylation is 1. The number of methoxy groups -OCH3 is 1. The molecule has 0 aliphatic carbocycles. The van der Waals surface area contributed by atoms with Gasteiger partial charge >= 0.3 is 0 Å². The molecule has 6 nitrogen and oxygen atoms in total. The van der Waals surface area contributed by atoms with E-state index in [4.69, 9.17) is 9.73 Å². The van der Waals surface area contributed by atoms with Gasteiger partial charge < -0.3 is 15.4 Å². The van der Waals surface area contributed by atoms with Crippen LogP contribution in [0, 0.1) is 19.8 Å². The maximum atomic E-state index is 5.14. The quantitative estimate of drug-likeness (QED) is 0.363. The number of halogens is 1. The average Bonchev–Trinajstić information content (AvgIpc) is 2.77. The number of nitrogens with one attached hydrogen (secondary N) is 2. The highest BCUT2D eigenvalue weighted by Crippen LogP contribution is 2.14. The van der Waals surface area contributed by atoms with Crippen molar-refractivity contribution in [2.24, 2.45) is 10.9 Å². The van der Waals surface area contributed by atoms with E-state index in [1.54, 1.807) is 7.11 Å². The zero-order valence-electron chi connectivity index (χ0n) is 16.1. The van der Waals surface area contributed by atoms with Crippen LogP contribution in [-0.4, -0.2) is 42.0 Å². The van der Waals surface area contributed by atoms with E-state index in [2.05, 4.69) is 50.4 Å². The summed E-state index contributed by atoms with van der Waals surface area (Å²) in [5.74, 6) is 1.41. The van der Waals surface area contributed by atoms with E-state index in [1.807, 2.05) is 11.6 Å². The van der Waals surface area contributed by atoms with E-state index in [0.717, 1.165) is 30.4 Å². The lowest BCUT2D eigenvalue weighted by Crippen LogP contribution is -2.44. The fourth-order valence-electron chi connectivity index (χ4n) is 2.22. The van der Waals surface area contributed by atoms with Gasteiger partial charge in [-0.3, -0.25) is 4.68 Å². The smallest absolute Gasteiger partial charge is 0.191 e. The zero-order valence-corrected chi connectivity index (χ0v) is 18.5. The summed E-state index contributed by atoms with van der Waals surface area (Å²) in [4.78, 5) is 4.73. The van der Waals surface area contributed by atoms with Crippen LogP contribution in [0.5, 0.6) is 0 Å². The summed E-state index contributed by atoms with van der Waals surface area (Å²) in [7, 11) is 1.71. The fourth-order valence-corrected chi connectivity index (χ4v) is 2.22. The lowest BCUT2D eigenvalue weighted by atomic mass is 10.1. The van der Waals surface area contributed by atoms with Crippen molar-refractivity contribution in [2.45, 2.75) is 60.7 Å². The van der Waals surface area contributed by atoms with Crippen molar-refractivity contribution < 1.29 is 4.74 Å².